The number of aromatic nitrogens is 2. The van der Waals surface area contributed by atoms with Crippen molar-refractivity contribution in [1.29, 1.82) is 0 Å². The van der Waals surface area contributed by atoms with Crippen molar-refractivity contribution in [1.82, 2.24) is 9.97 Å². The zero-order valence-electron chi connectivity index (χ0n) is 10.9. The minimum atomic E-state index is -0.474. The van der Waals surface area contributed by atoms with Gasteiger partial charge in [-0.2, -0.15) is 0 Å². The summed E-state index contributed by atoms with van der Waals surface area (Å²) in [5, 5.41) is 5.30. The first-order valence-corrected chi connectivity index (χ1v) is 7.47. The molecule has 1 fully saturated rings. The number of rotatable bonds is 3. The van der Waals surface area contributed by atoms with Crippen molar-refractivity contribution in [2.45, 2.75) is 12.8 Å². The number of anilines is 1. The lowest BCUT2D eigenvalue weighted by atomic mass is 10.1. The maximum absolute atomic E-state index is 11.7. The van der Waals surface area contributed by atoms with Crippen LogP contribution in [-0.2, 0) is 4.79 Å². The van der Waals surface area contributed by atoms with Gasteiger partial charge in [-0.1, -0.05) is 0 Å². The lowest BCUT2D eigenvalue weighted by molar-refractivity contribution is -0.117. The molecule has 1 aliphatic carbocycles. The van der Waals surface area contributed by atoms with Gasteiger partial charge in [0.05, 0.1) is 11.2 Å². The van der Waals surface area contributed by atoms with Gasteiger partial charge in [-0.3, -0.25) is 9.78 Å². The molecule has 1 aromatic carbocycles. The summed E-state index contributed by atoms with van der Waals surface area (Å²) in [7, 11) is 0. The van der Waals surface area contributed by atoms with Crippen LogP contribution in [0.1, 0.15) is 12.8 Å². The average molecular weight is 301 g/mol. The second-order valence-corrected chi connectivity index (χ2v) is 5.88. The molecule has 1 aliphatic rings. The van der Waals surface area contributed by atoms with E-state index >= 15 is 0 Å². The van der Waals surface area contributed by atoms with E-state index < -0.39 is 5.76 Å². The third-order valence-electron chi connectivity index (χ3n) is 3.40. The molecule has 2 aromatic heterocycles. The van der Waals surface area contributed by atoms with Crippen LogP contribution in [0.25, 0.3) is 22.4 Å². The number of hydrogen-bond acceptors (Lipinski definition) is 5. The van der Waals surface area contributed by atoms with Gasteiger partial charge in [0.25, 0.3) is 0 Å². The van der Waals surface area contributed by atoms with Crippen LogP contribution < -0.4 is 11.1 Å². The molecule has 3 aromatic rings. The van der Waals surface area contributed by atoms with E-state index in [1.54, 1.807) is 6.07 Å². The van der Waals surface area contributed by atoms with Crippen LogP contribution in [0, 0.1) is 5.92 Å². The summed E-state index contributed by atoms with van der Waals surface area (Å²) in [5.41, 5.74) is 2.77. The highest BCUT2D eigenvalue weighted by molar-refractivity contribution is 7.14. The van der Waals surface area contributed by atoms with Crippen LogP contribution >= 0.6 is 11.3 Å². The molecule has 106 valence electrons. The fourth-order valence-corrected chi connectivity index (χ4v) is 2.85. The molecule has 0 unspecified atom stereocenters. The first-order chi connectivity index (χ1) is 10.2. The first-order valence-electron chi connectivity index (χ1n) is 6.59. The molecular formula is C14H11N3O3S. The number of fused-ring (bicyclic) bond motifs is 1. The van der Waals surface area contributed by atoms with E-state index in [2.05, 4.69) is 15.3 Å². The zero-order valence-corrected chi connectivity index (χ0v) is 11.7. The number of carbonyl (C=O) groups excluding carboxylic acids is 1. The zero-order chi connectivity index (χ0) is 14.4. The topological polar surface area (TPSA) is 88.0 Å². The largest absolute Gasteiger partial charge is 0.417 e. The second-order valence-electron chi connectivity index (χ2n) is 5.03. The highest BCUT2D eigenvalue weighted by Gasteiger charge is 2.30. The van der Waals surface area contributed by atoms with Gasteiger partial charge in [0.1, 0.15) is 0 Å². The number of nitrogens with zero attached hydrogens (tertiary/aromatic N) is 1. The SMILES string of the molecule is O=C(Nc1nc(-c2ccc3oc(=O)[nH]c3c2)cs1)C1CC1. The van der Waals surface area contributed by atoms with E-state index in [-0.39, 0.29) is 11.8 Å². The molecular weight excluding hydrogens is 290 g/mol. The van der Waals surface area contributed by atoms with Crippen molar-refractivity contribution in [3.8, 4) is 11.3 Å². The molecule has 6 nitrogen and oxygen atoms in total. The monoisotopic (exact) mass is 301 g/mol. The summed E-state index contributed by atoms with van der Waals surface area (Å²) in [6, 6.07) is 5.37. The minimum Gasteiger partial charge on any atom is -0.408 e. The predicted octanol–water partition coefficient (Wildman–Crippen LogP) is 2.59. The van der Waals surface area contributed by atoms with Gasteiger partial charge in [0, 0.05) is 16.9 Å². The van der Waals surface area contributed by atoms with E-state index in [4.69, 9.17) is 4.42 Å². The molecule has 0 radical (unpaired) electrons. The molecule has 0 atom stereocenters. The van der Waals surface area contributed by atoms with E-state index in [9.17, 15) is 9.59 Å². The molecule has 0 bridgehead atoms. The predicted molar refractivity (Wildman–Crippen MR) is 79.3 cm³/mol. The Balaban J connectivity index is 1.63. The lowest BCUT2D eigenvalue weighted by Crippen LogP contribution is -2.12. The third kappa shape index (κ3) is 2.36. The van der Waals surface area contributed by atoms with Gasteiger partial charge in [0.15, 0.2) is 10.7 Å². The van der Waals surface area contributed by atoms with Crippen molar-refractivity contribution in [3.63, 3.8) is 0 Å². The van der Waals surface area contributed by atoms with E-state index in [0.717, 1.165) is 24.1 Å². The summed E-state index contributed by atoms with van der Waals surface area (Å²) in [4.78, 5) is 29.9. The van der Waals surface area contributed by atoms with Crippen molar-refractivity contribution >= 4 is 33.5 Å². The normalized spacial score (nSPS) is 14.5. The number of carbonyl (C=O) groups is 1. The lowest BCUT2D eigenvalue weighted by Gasteiger charge is -1.98. The molecule has 1 saturated carbocycles. The van der Waals surface area contributed by atoms with Crippen LogP contribution in [0.2, 0.25) is 0 Å². The second kappa shape index (κ2) is 4.56. The maximum atomic E-state index is 11.7. The Kier molecular flexibility index (Phi) is 2.68. The highest BCUT2D eigenvalue weighted by atomic mass is 32.1. The minimum absolute atomic E-state index is 0.0468. The molecule has 1 amide bonds. The van der Waals surface area contributed by atoms with Crippen LogP contribution in [0.5, 0.6) is 0 Å². The molecule has 0 aliphatic heterocycles. The summed E-state index contributed by atoms with van der Waals surface area (Å²) >= 11 is 1.39. The van der Waals surface area contributed by atoms with Crippen molar-refractivity contribution in [3.05, 3.63) is 34.1 Å². The molecule has 4 rings (SSSR count). The third-order valence-corrected chi connectivity index (χ3v) is 4.15. The summed E-state index contributed by atoms with van der Waals surface area (Å²) in [6.07, 6.45) is 1.93. The fourth-order valence-electron chi connectivity index (χ4n) is 2.13. The van der Waals surface area contributed by atoms with Gasteiger partial charge in [0.2, 0.25) is 5.91 Å². The molecule has 2 heterocycles. The van der Waals surface area contributed by atoms with E-state index in [1.165, 1.54) is 11.3 Å². The Morgan fingerprint density at radius 2 is 2.29 bits per heavy atom. The van der Waals surface area contributed by atoms with Crippen molar-refractivity contribution in [2.24, 2.45) is 5.92 Å². The van der Waals surface area contributed by atoms with Gasteiger partial charge >= 0.3 is 5.76 Å². The number of nitrogens with one attached hydrogen (secondary N) is 2. The fraction of sp³-hybridized carbons (Fsp3) is 0.214. The van der Waals surface area contributed by atoms with Crippen LogP contribution in [0.3, 0.4) is 0 Å². The Morgan fingerprint density at radius 1 is 1.43 bits per heavy atom. The van der Waals surface area contributed by atoms with Crippen LogP contribution in [0.4, 0.5) is 5.13 Å². The Labute approximate surface area is 122 Å². The van der Waals surface area contributed by atoms with Gasteiger partial charge in [-0.15, -0.1) is 11.3 Å². The van der Waals surface area contributed by atoms with Gasteiger partial charge < -0.3 is 9.73 Å². The maximum Gasteiger partial charge on any atom is 0.417 e. The highest BCUT2D eigenvalue weighted by Crippen LogP contribution is 2.32. The molecule has 2 N–H and O–H groups in total. The number of aromatic amines is 1. The summed E-state index contributed by atoms with van der Waals surface area (Å²) in [5.74, 6) is -0.270. The number of amides is 1. The molecule has 7 heteroatoms. The standard InChI is InChI=1S/C14H11N3O3S/c18-12(7-1-2-7)17-13-15-10(6-21-13)8-3-4-11-9(5-8)16-14(19)20-11/h3-7H,1-2H2,(H,16,19)(H,15,17,18). The molecule has 0 saturated heterocycles. The van der Waals surface area contributed by atoms with E-state index in [0.29, 0.717) is 16.2 Å². The van der Waals surface area contributed by atoms with Crippen LogP contribution in [0.15, 0.2) is 32.8 Å². The smallest absolute Gasteiger partial charge is 0.408 e. The Hall–Kier alpha value is -2.41. The number of oxazole rings is 1. The van der Waals surface area contributed by atoms with Gasteiger partial charge in [-0.25, -0.2) is 9.78 Å². The molecule has 21 heavy (non-hydrogen) atoms. The van der Waals surface area contributed by atoms with Gasteiger partial charge in [-0.05, 0) is 31.0 Å². The average Bonchev–Trinajstić information content (AvgIpc) is 3.10. The van der Waals surface area contributed by atoms with Crippen molar-refractivity contribution < 1.29 is 9.21 Å². The molecule has 0 spiro atoms. The number of hydrogen-bond donors (Lipinski definition) is 2. The Morgan fingerprint density at radius 3 is 3.10 bits per heavy atom. The first kappa shape index (κ1) is 12.3. The van der Waals surface area contributed by atoms with Crippen molar-refractivity contribution in [2.75, 3.05) is 5.32 Å². The number of benzene rings is 1. The summed E-state index contributed by atoms with van der Waals surface area (Å²) in [6.45, 7) is 0. The number of thiazole rings is 1. The number of H-pyrrole nitrogens is 1. The van der Waals surface area contributed by atoms with E-state index in [1.807, 2.05) is 17.5 Å². The quantitative estimate of drug-likeness (QED) is 0.778. The Bertz CT molecular complexity index is 888. The summed E-state index contributed by atoms with van der Waals surface area (Å²) < 4.78 is 4.96. The van der Waals surface area contributed by atoms with Crippen LogP contribution in [-0.4, -0.2) is 15.9 Å².